The van der Waals surface area contributed by atoms with Crippen molar-refractivity contribution >= 4 is 17.6 Å². The number of aromatic nitrogens is 2. The molecule has 0 amide bonds. The third kappa shape index (κ3) is 2.40. The normalized spacial score (nSPS) is 20.9. The SMILES string of the molecule is CSc1nccc(N2CCC(CF)C2)n1. The largest absolute Gasteiger partial charge is 0.356 e. The topological polar surface area (TPSA) is 29.0 Å². The quantitative estimate of drug-likeness (QED) is 0.583. The molecule has 1 saturated heterocycles. The van der Waals surface area contributed by atoms with Crippen molar-refractivity contribution in [3.63, 3.8) is 0 Å². The van der Waals surface area contributed by atoms with Crippen molar-refractivity contribution in [1.82, 2.24) is 9.97 Å². The fourth-order valence-corrected chi connectivity index (χ4v) is 2.12. The van der Waals surface area contributed by atoms with E-state index in [1.54, 1.807) is 6.20 Å². The summed E-state index contributed by atoms with van der Waals surface area (Å²) in [5, 5.41) is 0.774. The van der Waals surface area contributed by atoms with E-state index in [0.29, 0.717) is 0 Å². The van der Waals surface area contributed by atoms with E-state index >= 15 is 0 Å². The smallest absolute Gasteiger partial charge is 0.189 e. The van der Waals surface area contributed by atoms with Gasteiger partial charge in [0.05, 0.1) is 6.67 Å². The van der Waals surface area contributed by atoms with E-state index in [-0.39, 0.29) is 12.6 Å². The number of hydrogen-bond acceptors (Lipinski definition) is 4. The standard InChI is InChI=1S/C10H14FN3S/c1-15-10-12-4-2-9(13-10)14-5-3-8(6-11)7-14/h2,4,8H,3,5-7H2,1H3. The van der Waals surface area contributed by atoms with Gasteiger partial charge in [0.25, 0.3) is 0 Å². The van der Waals surface area contributed by atoms with Crippen molar-refractivity contribution in [2.24, 2.45) is 5.92 Å². The number of alkyl halides is 1. The zero-order chi connectivity index (χ0) is 10.7. The Morgan fingerprint density at radius 2 is 2.53 bits per heavy atom. The molecule has 1 aliphatic rings. The lowest BCUT2D eigenvalue weighted by molar-refractivity contribution is 0.384. The molecule has 1 fully saturated rings. The lowest BCUT2D eigenvalue weighted by atomic mass is 10.1. The van der Waals surface area contributed by atoms with Gasteiger partial charge in [0.1, 0.15) is 5.82 Å². The minimum atomic E-state index is -0.225. The predicted molar refractivity (Wildman–Crippen MR) is 60.1 cm³/mol. The maximum Gasteiger partial charge on any atom is 0.189 e. The Balaban J connectivity index is 2.09. The Kier molecular flexibility index (Phi) is 3.41. The van der Waals surface area contributed by atoms with E-state index in [0.717, 1.165) is 30.5 Å². The first-order valence-electron chi connectivity index (χ1n) is 5.01. The minimum absolute atomic E-state index is 0.178. The van der Waals surface area contributed by atoms with Crippen LogP contribution < -0.4 is 4.90 Å². The summed E-state index contributed by atoms with van der Waals surface area (Å²) in [4.78, 5) is 10.6. The number of rotatable bonds is 3. The van der Waals surface area contributed by atoms with Gasteiger partial charge >= 0.3 is 0 Å². The summed E-state index contributed by atoms with van der Waals surface area (Å²) in [7, 11) is 0. The maximum absolute atomic E-state index is 12.5. The molecule has 1 aromatic rings. The first-order valence-corrected chi connectivity index (χ1v) is 6.24. The molecule has 0 saturated carbocycles. The second-order valence-corrected chi connectivity index (χ2v) is 4.43. The van der Waals surface area contributed by atoms with Crippen LogP contribution in [0.2, 0.25) is 0 Å². The third-order valence-corrected chi connectivity index (χ3v) is 3.19. The molecular formula is C10H14FN3S. The average Bonchev–Trinajstić information content (AvgIpc) is 2.78. The van der Waals surface area contributed by atoms with Crippen LogP contribution in [0.25, 0.3) is 0 Å². The van der Waals surface area contributed by atoms with Crippen LogP contribution >= 0.6 is 11.8 Å². The van der Waals surface area contributed by atoms with Crippen LogP contribution in [0.15, 0.2) is 17.4 Å². The second-order valence-electron chi connectivity index (χ2n) is 3.66. The average molecular weight is 227 g/mol. The zero-order valence-corrected chi connectivity index (χ0v) is 9.50. The van der Waals surface area contributed by atoms with Crippen LogP contribution in [0, 0.1) is 5.92 Å². The summed E-state index contributed by atoms with van der Waals surface area (Å²) >= 11 is 1.53. The molecule has 1 atom stereocenters. The molecule has 82 valence electrons. The first-order chi connectivity index (χ1) is 7.33. The van der Waals surface area contributed by atoms with Crippen LogP contribution in [-0.2, 0) is 0 Å². The van der Waals surface area contributed by atoms with Gasteiger partial charge in [-0.3, -0.25) is 4.39 Å². The fourth-order valence-electron chi connectivity index (χ4n) is 1.77. The van der Waals surface area contributed by atoms with Crippen molar-refractivity contribution in [2.45, 2.75) is 11.6 Å². The Morgan fingerprint density at radius 1 is 1.67 bits per heavy atom. The monoisotopic (exact) mass is 227 g/mol. The van der Waals surface area contributed by atoms with Crippen LogP contribution in [0.4, 0.5) is 10.2 Å². The molecular weight excluding hydrogens is 213 g/mol. The van der Waals surface area contributed by atoms with Crippen molar-refractivity contribution in [3.05, 3.63) is 12.3 Å². The lowest BCUT2D eigenvalue weighted by Gasteiger charge is -2.16. The molecule has 2 heterocycles. The molecule has 0 radical (unpaired) electrons. The number of thioether (sulfide) groups is 1. The van der Waals surface area contributed by atoms with E-state index in [1.165, 1.54) is 11.8 Å². The first kappa shape index (κ1) is 10.7. The Morgan fingerprint density at radius 3 is 3.20 bits per heavy atom. The Hall–Kier alpha value is -0.840. The number of hydrogen-bond donors (Lipinski definition) is 0. The highest BCUT2D eigenvalue weighted by Crippen LogP contribution is 2.23. The maximum atomic E-state index is 12.5. The summed E-state index contributed by atoms with van der Waals surface area (Å²) in [5.74, 6) is 1.10. The van der Waals surface area contributed by atoms with E-state index in [2.05, 4.69) is 14.9 Å². The van der Waals surface area contributed by atoms with E-state index in [4.69, 9.17) is 0 Å². The lowest BCUT2D eigenvalue weighted by Crippen LogP contribution is -2.21. The van der Waals surface area contributed by atoms with Gasteiger partial charge in [-0.15, -0.1) is 0 Å². The van der Waals surface area contributed by atoms with Gasteiger partial charge in [0.2, 0.25) is 0 Å². The van der Waals surface area contributed by atoms with Crippen molar-refractivity contribution in [3.8, 4) is 0 Å². The molecule has 0 N–H and O–H groups in total. The van der Waals surface area contributed by atoms with Crippen molar-refractivity contribution in [1.29, 1.82) is 0 Å². The summed E-state index contributed by atoms with van der Waals surface area (Å²) in [5.41, 5.74) is 0. The molecule has 1 aliphatic heterocycles. The van der Waals surface area contributed by atoms with E-state index in [9.17, 15) is 4.39 Å². The van der Waals surface area contributed by atoms with Crippen LogP contribution in [-0.4, -0.2) is 36.0 Å². The summed E-state index contributed by atoms with van der Waals surface area (Å²) < 4.78 is 12.5. The Labute approximate surface area is 93.1 Å². The highest BCUT2D eigenvalue weighted by molar-refractivity contribution is 7.98. The summed E-state index contributed by atoms with van der Waals surface area (Å²) in [6.07, 6.45) is 4.64. The molecule has 0 bridgehead atoms. The molecule has 15 heavy (non-hydrogen) atoms. The predicted octanol–water partition coefficient (Wildman–Crippen LogP) is 1.99. The molecule has 0 aromatic carbocycles. The molecule has 1 aromatic heterocycles. The van der Waals surface area contributed by atoms with E-state index < -0.39 is 0 Å². The molecule has 1 unspecified atom stereocenters. The van der Waals surface area contributed by atoms with Gasteiger partial charge in [-0.1, -0.05) is 11.8 Å². The van der Waals surface area contributed by atoms with Gasteiger partial charge in [0.15, 0.2) is 5.16 Å². The van der Waals surface area contributed by atoms with Crippen LogP contribution in [0.1, 0.15) is 6.42 Å². The molecule has 3 nitrogen and oxygen atoms in total. The summed E-state index contributed by atoms with van der Waals surface area (Å²) in [6, 6.07) is 1.89. The highest BCUT2D eigenvalue weighted by atomic mass is 32.2. The molecule has 5 heteroatoms. The van der Waals surface area contributed by atoms with Gasteiger partial charge in [-0.2, -0.15) is 0 Å². The number of nitrogens with zero attached hydrogens (tertiary/aromatic N) is 3. The summed E-state index contributed by atoms with van der Waals surface area (Å²) in [6.45, 7) is 1.46. The van der Waals surface area contributed by atoms with Crippen molar-refractivity contribution < 1.29 is 4.39 Å². The van der Waals surface area contributed by atoms with Gasteiger partial charge < -0.3 is 4.90 Å². The van der Waals surface area contributed by atoms with Gasteiger partial charge in [-0.05, 0) is 18.7 Å². The van der Waals surface area contributed by atoms with E-state index in [1.807, 2.05) is 12.3 Å². The molecule has 2 rings (SSSR count). The van der Waals surface area contributed by atoms with Gasteiger partial charge in [0, 0.05) is 25.2 Å². The second kappa shape index (κ2) is 4.79. The van der Waals surface area contributed by atoms with Crippen LogP contribution in [0.3, 0.4) is 0 Å². The fraction of sp³-hybridized carbons (Fsp3) is 0.600. The third-order valence-electron chi connectivity index (χ3n) is 2.63. The number of halogens is 1. The molecule has 0 aliphatic carbocycles. The van der Waals surface area contributed by atoms with Crippen LogP contribution in [0.5, 0.6) is 0 Å². The minimum Gasteiger partial charge on any atom is -0.356 e. The Bertz CT molecular complexity index is 334. The van der Waals surface area contributed by atoms with Crippen molar-refractivity contribution in [2.75, 3.05) is 30.9 Å². The number of anilines is 1. The highest BCUT2D eigenvalue weighted by Gasteiger charge is 2.23. The zero-order valence-electron chi connectivity index (χ0n) is 8.69. The molecule has 0 spiro atoms. The van der Waals surface area contributed by atoms with Gasteiger partial charge in [-0.25, -0.2) is 9.97 Å².